The van der Waals surface area contributed by atoms with E-state index in [9.17, 15) is 14.3 Å². The minimum Gasteiger partial charge on any atom is -0.387 e. The highest BCUT2D eigenvalue weighted by Gasteiger charge is 2.09. The molecule has 0 aliphatic carbocycles. The molecule has 1 amide bonds. The highest BCUT2D eigenvalue weighted by atomic mass is 19.1. The fraction of sp³-hybridized carbons (Fsp3) is 0.150. The number of aromatic nitrogens is 1. The number of para-hydroxylation sites is 1. The first-order valence-corrected chi connectivity index (χ1v) is 7.98. The van der Waals surface area contributed by atoms with Gasteiger partial charge in [0.2, 0.25) is 5.91 Å². The number of aryl methyl sites for hydroxylation is 1. The molecule has 0 saturated carbocycles. The molecule has 2 aromatic carbocycles. The van der Waals surface area contributed by atoms with Gasteiger partial charge in [0.25, 0.3) is 0 Å². The van der Waals surface area contributed by atoms with Crippen LogP contribution in [0.4, 0.5) is 4.39 Å². The van der Waals surface area contributed by atoms with Crippen LogP contribution in [0.3, 0.4) is 0 Å². The topological polar surface area (TPSA) is 54.3 Å². The number of aliphatic hydroxyl groups is 1. The van der Waals surface area contributed by atoms with Crippen molar-refractivity contribution in [2.24, 2.45) is 7.05 Å². The van der Waals surface area contributed by atoms with E-state index in [1.165, 1.54) is 30.3 Å². The van der Waals surface area contributed by atoms with E-state index >= 15 is 0 Å². The van der Waals surface area contributed by atoms with Gasteiger partial charge in [-0.1, -0.05) is 30.3 Å². The number of rotatable bonds is 5. The zero-order chi connectivity index (χ0) is 17.8. The predicted octanol–water partition coefficient (Wildman–Crippen LogP) is 3.18. The van der Waals surface area contributed by atoms with Crippen LogP contribution in [-0.2, 0) is 11.8 Å². The lowest BCUT2D eigenvalue weighted by atomic mass is 10.1. The maximum absolute atomic E-state index is 12.9. The van der Waals surface area contributed by atoms with Crippen LogP contribution < -0.4 is 5.32 Å². The highest BCUT2D eigenvalue weighted by molar-refractivity contribution is 5.96. The number of benzene rings is 2. The van der Waals surface area contributed by atoms with Gasteiger partial charge in [0.1, 0.15) is 5.82 Å². The molecule has 0 aliphatic heterocycles. The SMILES string of the molecule is Cn1cc(/C=C/C(=O)NCC(O)c2ccc(F)cc2)c2ccccc21. The smallest absolute Gasteiger partial charge is 0.244 e. The average Bonchev–Trinajstić information content (AvgIpc) is 2.95. The zero-order valence-corrected chi connectivity index (χ0v) is 13.8. The Morgan fingerprint density at radius 3 is 2.72 bits per heavy atom. The normalized spacial score (nSPS) is 12.6. The number of hydrogen-bond acceptors (Lipinski definition) is 2. The van der Waals surface area contributed by atoms with Gasteiger partial charge in [-0.15, -0.1) is 0 Å². The van der Waals surface area contributed by atoms with E-state index in [0.29, 0.717) is 5.56 Å². The Balaban J connectivity index is 1.62. The molecule has 0 aliphatic rings. The Morgan fingerprint density at radius 2 is 1.96 bits per heavy atom. The molecule has 0 spiro atoms. The Labute approximate surface area is 145 Å². The summed E-state index contributed by atoms with van der Waals surface area (Å²) in [5, 5.41) is 13.7. The molecule has 4 nitrogen and oxygen atoms in total. The number of nitrogens with one attached hydrogen (secondary N) is 1. The molecule has 3 aromatic rings. The van der Waals surface area contributed by atoms with E-state index in [1.54, 1.807) is 6.08 Å². The van der Waals surface area contributed by atoms with Crippen molar-refractivity contribution in [2.75, 3.05) is 6.54 Å². The van der Waals surface area contributed by atoms with E-state index < -0.39 is 6.10 Å². The van der Waals surface area contributed by atoms with Crippen molar-refractivity contribution >= 4 is 22.9 Å². The van der Waals surface area contributed by atoms with Crippen molar-refractivity contribution < 1.29 is 14.3 Å². The number of nitrogens with zero attached hydrogens (tertiary/aromatic N) is 1. The minimum absolute atomic E-state index is 0.0599. The van der Waals surface area contributed by atoms with Crippen LogP contribution in [-0.4, -0.2) is 22.1 Å². The number of aliphatic hydroxyl groups excluding tert-OH is 1. The van der Waals surface area contributed by atoms with Gasteiger partial charge in [-0.05, 0) is 29.8 Å². The molecular weight excluding hydrogens is 319 g/mol. The summed E-state index contributed by atoms with van der Waals surface area (Å²) < 4.78 is 14.9. The first-order valence-electron chi connectivity index (χ1n) is 7.98. The van der Waals surface area contributed by atoms with Crippen LogP contribution in [0.2, 0.25) is 0 Å². The van der Waals surface area contributed by atoms with E-state index in [2.05, 4.69) is 5.32 Å². The van der Waals surface area contributed by atoms with Crippen LogP contribution in [0.15, 0.2) is 60.8 Å². The molecule has 0 fully saturated rings. The fourth-order valence-electron chi connectivity index (χ4n) is 2.73. The maximum atomic E-state index is 12.9. The van der Waals surface area contributed by atoms with Gasteiger partial charge in [0.05, 0.1) is 6.10 Å². The summed E-state index contributed by atoms with van der Waals surface area (Å²) >= 11 is 0. The minimum atomic E-state index is -0.879. The van der Waals surface area contributed by atoms with Crippen molar-refractivity contribution in [1.29, 1.82) is 0 Å². The first kappa shape index (κ1) is 16.9. The number of amides is 1. The summed E-state index contributed by atoms with van der Waals surface area (Å²) in [5.41, 5.74) is 2.60. The molecule has 1 atom stereocenters. The lowest BCUT2D eigenvalue weighted by Crippen LogP contribution is -2.26. The largest absolute Gasteiger partial charge is 0.387 e. The molecule has 0 radical (unpaired) electrons. The molecule has 1 heterocycles. The van der Waals surface area contributed by atoms with Crippen LogP contribution in [0.5, 0.6) is 0 Å². The third kappa shape index (κ3) is 3.95. The van der Waals surface area contributed by atoms with Crippen LogP contribution in [0.25, 0.3) is 17.0 Å². The van der Waals surface area contributed by atoms with E-state index in [-0.39, 0.29) is 18.3 Å². The van der Waals surface area contributed by atoms with Crippen molar-refractivity contribution in [3.63, 3.8) is 0 Å². The first-order chi connectivity index (χ1) is 12.0. The van der Waals surface area contributed by atoms with Crippen LogP contribution >= 0.6 is 0 Å². The molecule has 5 heteroatoms. The number of hydrogen-bond donors (Lipinski definition) is 2. The quantitative estimate of drug-likeness (QED) is 0.702. The second-order valence-electron chi connectivity index (χ2n) is 5.86. The maximum Gasteiger partial charge on any atom is 0.244 e. The number of halogens is 1. The zero-order valence-electron chi connectivity index (χ0n) is 13.8. The average molecular weight is 338 g/mol. The summed E-state index contributed by atoms with van der Waals surface area (Å²) in [6, 6.07) is 13.5. The second-order valence-corrected chi connectivity index (χ2v) is 5.86. The molecule has 128 valence electrons. The van der Waals surface area contributed by atoms with Gasteiger partial charge in [0.15, 0.2) is 0 Å². The monoisotopic (exact) mass is 338 g/mol. The second kappa shape index (κ2) is 7.32. The van der Waals surface area contributed by atoms with Crippen molar-refractivity contribution in [3.8, 4) is 0 Å². The van der Waals surface area contributed by atoms with Crippen LogP contribution in [0.1, 0.15) is 17.2 Å². The Kier molecular flexibility index (Phi) is 4.95. The fourth-order valence-corrected chi connectivity index (χ4v) is 2.73. The van der Waals surface area contributed by atoms with Crippen molar-refractivity contribution in [1.82, 2.24) is 9.88 Å². The molecule has 2 N–H and O–H groups in total. The van der Waals surface area contributed by atoms with Crippen molar-refractivity contribution in [2.45, 2.75) is 6.10 Å². The molecule has 3 rings (SSSR count). The van der Waals surface area contributed by atoms with Gasteiger partial charge in [-0.25, -0.2) is 4.39 Å². The van der Waals surface area contributed by atoms with Crippen molar-refractivity contribution in [3.05, 3.63) is 77.7 Å². The number of carbonyl (C=O) groups excluding carboxylic acids is 1. The van der Waals surface area contributed by atoms with Gasteiger partial charge in [-0.3, -0.25) is 4.79 Å². The highest BCUT2D eigenvalue weighted by Crippen LogP contribution is 2.21. The summed E-state index contributed by atoms with van der Waals surface area (Å²) in [4.78, 5) is 12.0. The Morgan fingerprint density at radius 1 is 1.24 bits per heavy atom. The third-order valence-electron chi connectivity index (χ3n) is 4.07. The molecule has 1 aromatic heterocycles. The van der Waals surface area contributed by atoms with E-state index in [0.717, 1.165) is 16.5 Å². The third-order valence-corrected chi connectivity index (χ3v) is 4.07. The number of fused-ring (bicyclic) bond motifs is 1. The molecule has 25 heavy (non-hydrogen) atoms. The lowest BCUT2D eigenvalue weighted by molar-refractivity contribution is -0.116. The van der Waals surface area contributed by atoms with E-state index in [4.69, 9.17) is 0 Å². The van der Waals surface area contributed by atoms with Crippen LogP contribution in [0, 0.1) is 5.82 Å². The van der Waals surface area contributed by atoms with Gasteiger partial charge in [0, 0.05) is 42.3 Å². The Hall–Kier alpha value is -2.92. The summed E-state index contributed by atoms with van der Waals surface area (Å²) in [6.07, 6.45) is 4.28. The Bertz CT molecular complexity index is 913. The lowest BCUT2D eigenvalue weighted by Gasteiger charge is -2.11. The molecule has 0 bridgehead atoms. The molecular formula is C20H19FN2O2. The molecule has 1 unspecified atom stereocenters. The van der Waals surface area contributed by atoms with Gasteiger partial charge >= 0.3 is 0 Å². The summed E-state index contributed by atoms with van der Waals surface area (Å²) in [6.45, 7) is 0.0599. The van der Waals surface area contributed by atoms with Gasteiger partial charge < -0.3 is 15.0 Å². The number of carbonyl (C=O) groups is 1. The predicted molar refractivity (Wildman–Crippen MR) is 96.3 cm³/mol. The summed E-state index contributed by atoms with van der Waals surface area (Å²) in [7, 11) is 1.96. The molecule has 0 saturated heterocycles. The standard InChI is InChI=1S/C20H19FN2O2/c1-23-13-15(17-4-2-3-5-18(17)23)8-11-20(25)22-12-19(24)14-6-9-16(21)10-7-14/h2-11,13,19,24H,12H2,1H3,(H,22,25)/b11-8+. The summed E-state index contributed by atoms with van der Waals surface area (Å²) in [5.74, 6) is -0.660. The van der Waals surface area contributed by atoms with Gasteiger partial charge in [-0.2, -0.15) is 0 Å². The van der Waals surface area contributed by atoms with E-state index in [1.807, 2.05) is 42.1 Å².